The van der Waals surface area contributed by atoms with Crippen LogP contribution < -0.4 is 4.74 Å². The molecule has 0 saturated carbocycles. The lowest BCUT2D eigenvalue weighted by molar-refractivity contribution is 0.0857. The van der Waals surface area contributed by atoms with Crippen LogP contribution in [0.25, 0.3) is 22.0 Å². The van der Waals surface area contributed by atoms with Gasteiger partial charge in [-0.15, -0.1) is 0 Å². The van der Waals surface area contributed by atoms with Crippen LogP contribution in [0.3, 0.4) is 0 Å². The van der Waals surface area contributed by atoms with E-state index in [0.29, 0.717) is 0 Å². The Morgan fingerprint density at radius 1 is 0.966 bits per heavy atom. The third-order valence-electron chi connectivity index (χ3n) is 5.55. The average Bonchev–Trinajstić information content (AvgIpc) is 3.40. The first kappa shape index (κ1) is 17.6. The molecule has 3 aromatic carbocycles. The Morgan fingerprint density at radius 2 is 1.76 bits per heavy atom. The van der Waals surface area contributed by atoms with Crippen LogP contribution in [0.5, 0.6) is 5.75 Å². The maximum absolute atomic E-state index is 5.82. The Morgan fingerprint density at radius 3 is 2.52 bits per heavy atom. The van der Waals surface area contributed by atoms with Crippen molar-refractivity contribution in [3.8, 4) is 16.9 Å². The summed E-state index contributed by atoms with van der Waals surface area (Å²) in [6, 6.07) is 24.9. The number of nitrogens with one attached hydrogen (secondary N) is 1. The SMILES string of the molecule is COc1ccc(C2CC(c3[nH]c4c(C)cccc4c3-c3ccccc3)=NO2)cc1. The minimum absolute atomic E-state index is 0.0907. The van der Waals surface area contributed by atoms with E-state index in [4.69, 9.17) is 9.57 Å². The zero-order chi connectivity index (χ0) is 19.8. The van der Waals surface area contributed by atoms with Crippen molar-refractivity contribution in [2.24, 2.45) is 5.16 Å². The summed E-state index contributed by atoms with van der Waals surface area (Å²) in [4.78, 5) is 9.46. The van der Waals surface area contributed by atoms with Gasteiger partial charge in [-0.05, 0) is 35.7 Å². The molecule has 0 radical (unpaired) electrons. The van der Waals surface area contributed by atoms with Crippen LogP contribution in [-0.2, 0) is 4.84 Å². The van der Waals surface area contributed by atoms with Gasteiger partial charge in [-0.25, -0.2) is 0 Å². The summed E-state index contributed by atoms with van der Waals surface area (Å²) in [7, 11) is 1.67. The van der Waals surface area contributed by atoms with E-state index >= 15 is 0 Å². The molecule has 0 spiro atoms. The maximum Gasteiger partial charge on any atom is 0.158 e. The monoisotopic (exact) mass is 382 g/mol. The number of nitrogens with zero attached hydrogens (tertiary/aromatic N) is 1. The third-order valence-corrected chi connectivity index (χ3v) is 5.55. The Kier molecular flexibility index (Phi) is 4.32. The predicted molar refractivity (Wildman–Crippen MR) is 116 cm³/mol. The molecule has 1 aliphatic rings. The standard InChI is InChI=1S/C25H22N2O2/c1-16-7-6-10-20-23(18-8-4-3-5-9-18)25(26-24(16)20)21-15-22(29-27-21)17-11-13-19(28-2)14-12-17/h3-14,22,26H,15H2,1-2H3. The summed E-state index contributed by atoms with van der Waals surface area (Å²) in [6.07, 6.45) is 0.630. The van der Waals surface area contributed by atoms with Crippen LogP contribution in [0, 0.1) is 6.92 Å². The van der Waals surface area contributed by atoms with Crippen LogP contribution in [0.2, 0.25) is 0 Å². The molecule has 4 aromatic rings. The van der Waals surface area contributed by atoms with Gasteiger partial charge in [0, 0.05) is 22.9 Å². The van der Waals surface area contributed by atoms with Gasteiger partial charge in [0.15, 0.2) is 6.10 Å². The number of benzene rings is 3. The molecule has 0 saturated heterocycles. The number of hydrogen-bond donors (Lipinski definition) is 1. The molecule has 4 heteroatoms. The van der Waals surface area contributed by atoms with Crippen molar-refractivity contribution in [2.45, 2.75) is 19.4 Å². The number of ether oxygens (including phenoxy) is 1. The van der Waals surface area contributed by atoms with Gasteiger partial charge < -0.3 is 14.6 Å². The Balaban J connectivity index is 1.56. The fraction of sp³-hybridized carbons (Fsp3) is 0.160. The van der Waals surface area contributed by atoms with Gasteiger partial charge in [0.1, 0.15) is 11.5 Å². The summed E-state index contributed by atoms with van der Waals surface area (Å²) in [5.41, 5.74) is 7.81. The molecule has 29 heavy (non-hydrogen) atoms. The van der Waals surface area contributed by atoms with E-state index < -0.39 is 0 Å². The number of aromatic nitrogens is 1. The molecule has 144 valence electrons. The molecular formula is C25H22N2O2. The second-order valence-corrected chi connectivity index (χ2v) is 7.35. The predicted octanol–water partition coefficient (Wildman–Crippen LogP) is 6.02. The highest BCUT2D eigenvalue weighted by molar-refractivity contribution is 6.13. The number of rotatable bonds is 4. The molecule has 1 aromatic heterocycles. The molecule has 0 bridgehead atoms. The first-order valence-corrected chi connectivity index (χ1v) is 9.78. The lowest BCUT2D eigenvalue weighted by Gasteiger charge is -2.09. The van der Waals surface area contributed by atoms with Crippen LogP contribution in [-0.4, -0.2) is 17.8 Å². The number of aromatic amines is 1. The molecular weight excluding hydrogens is 360 g/mol. The van der Waals surface area contributed by atoms with E-state index in [1.807, 2.05) is 30.3 Å². The molecule has 5 rings (SSSR count). The molecule has 4 nitrogen and oxygen atoms in total. The second kappa shape index (κ2) is 7.13. The smallest absolute Gasteiger partial charge is 0.158 e. The summed E-state index contributed by atoms with van der Waals surface area (Å²) in [5.74, 6) is 0.838. The van der Waals surface area contributed by atoms with Gasteiger partial charge in [-0.2, -0.15) is 0 Å². The molecule has 0 aliphatic carbocycles. The highest BCUT2D eigenvalue weighted by Crippen LogP contribution is 2.38. The lowest BCUT2D eigenvalue weighted by Crippen LogP contribution is -2.03. The van der Waals surface area contributed by atoms with E-state index in [-0.39, 0.29) is 6.10 Å². The number of H-pyrrole nitrogens is 1. The second-order valence-electron chi connectivity index (χ2n) is 7.35. The van der Waals surface area contributed by atoms with Crippen LogP contribution >= 0.6 is 0 Å². The van der Waals surface area contributed by atoms with Crippen molar-refractivity contribution in [3.63, 3.8) is 0 Å². The van der Waals surface area contributed by atoms with Gasteiger partial charge in [0.25, 0.3) is 0 Å². The number of para-hydroxylation sites is 1. The fourth-order valence-corrected chi connectivity index (χ4v) is 4.01. The number of hydrogen-bond acceptors (Lipinski definition) is 3. The summed E-state index contributed by atoms with van der Waals surface area (Å²) >= 11 is 0. The lowest BCUT2D eigenvalue weighted by atomic mass is 9.96. The first-order valence-electron chi connectivity index (χ1n) is 9.78. The van der Waals surface area contributed by atoms with Crippen LogP contribution in [0.4, 0.5) is 0 Å². The molecule has 1 atom stereocenters. The van der Waals surface area contributed by atoms with E-state index in [1.165, 1.54) is 22.1 Å². The summed E-state index contributed by atoms with van der Waals surface area (Å²) in [5, 5.41) is 5.68. The van der Waals surface area contributed by atoms with Gasteiger partial charge >= 0.3 is 0 Å². The zero-order valence-electron chi connectivity index (χ0n) is 16.5. The Labute approximate surface area is 169 Å². The topological polar surface area (TPSA) is 46.6 Å². The van der Waals surface area contributed by atoms with Crippen molar-refractivity contribution >= 4 is 16.6 Å². The zero-order valence-corrected chi connectivity index (χ0v) is 16.5. The van der Waals surface area contributed by atoms with Crippen molar-refractivity contribution in [1.82, 2.24) is 4.98 Å². The molecule has 1 aliphatic heterocycles. The Bertz CT molecular complexity index is 1190. The highest BCUT2D eigenvalue weighted by Gasteiger charge is 2.28. The fourth-order valence-electron chi connectivity index (χ4n) is 4.01. The molecule has 2 heterocycles. The minimum atomic E-state index is -0.0907. The normalized spacial score (nSPS) is 15.9. The minimum Gasteiger partial charge on any atom is -0.497 e. The Hall–Kier alpha value is -3.53. The van der Waals surface area contributed by atoms with Gasteiger partial charge in [0.05, 0.1) is 12.8 Å². The third kappa shape index (κ3) is 3.07. The molecule has 0 amide bonds. The van der Waals surface area contributed by atoms with Crippen molar-refractivity contribution < 1.29 is 9.57 Å². The van der Waals surface area contributed by atoms with Crippen LogP contribution in [0.15, 0.2) is 78.0 Å². The average molecular weight is 382 g/mol. The van der Waals surface area contributed by atoms with E-state index in [0.717, 1.165) is 34.7 Å². The van der Waals surface area contributed by atoms with Crippen LogP contribution in [0.1, 0.15) is 29.3 Å². The van der Waals surface area contributed by atoms with Crippen molar-refractivity contribution in [2.75, 3.05) is 7.11 Å². The highest BCUT2D eigenvalue weighted by atomic mass is 16.6. The number of fused-ring (bicyclic) bond motifs is 1. The first-order chi connectivity index (χ1) is 14.2. The molecule has 1 N–H and O–H groups in total. The van der Waals surface area contributed by atoms with E-state index in [1.54, 1.807) is 7.11 Å². The summed E-state index contributed by atoms with van der Waals surface area (Å²) < 4.78 is 5.26. The van der Waals surface area contributed by atoms with Crippen molar-refractivity contribution in [3.05, 3.63) is 89.6 Å². The van der Waals surface area contributed by atoms with Gasteiger partial charge in [-0.3, -0.25) is 0 Å². The van der Waals surface area contributed by atoms with Gasteiger partial charge in [0.2, 0.25) is 0 Å². The maximum atomic E-state index is 5.82. The van der Waals surface area contributed by atoms with Crippen molar-refractivity contribution in [1.29, 1.82) is 0 Å². The molecule has 1 unspecified atom stereocenters. The van der Waals surface area contributed by atoms with E-state index in [9.17, 15) is 0 Å². The van der Waals surface area contributed by atoms with Gasteiger partial charge in [-0.1, -0.05) is 65.8 Å². The number of oxime groups is 1. The largest absolute Gasteiger partial charge is 0.497 e. The number of aryl methyl sites for hydroxylation is 1. The van der Waals surface area contributed by atoms with E-state index in [2.05, 4.69) is 59.5 Å². The quantitative estimate of drug-likeness (QED) is 0.469. The summed E-state index contributed by atoms with van der Waals surface area (Å²) in [6.45, 7) is 2.13. The number of methoxy groups -OCH3 is 1. The molecule has 0 fully saturated rings.